The van der Waals surface area contributed by atoms with Crippen LogP contribution in [0.15, 0.2) is 42.6 Å². The molecule has 1 saturated heterocycles. The molecule has 0 saturated carbocycles. The van der Waals surface area contributed by atoms with E-state index in [0.29, 0.717) is 16.6 Å². The number of anilines is 1. The molecule has 0 radical (unpaired) electrons. The lowest BCUT2D eigenvalue weighted by atomic mass is 9.86. The van der Waals surface area contributed by atoms with Crippen LogP contribution in [0.1, 0.15) is 90.5 Å². The van der Waals surface area contributed by atoms with E-state index in [1.165, 1.54) is 11.1 Å². The summed E-state index contributed by atoms with van der Waals surface area (Å²) < 4.78 is 15.8. The SMILES string of the molecule is CC(C)[Si](OC1CCCN(c2nnc3ccc(O[C@@H]4CC[C@H](N)c5ccccc54)cn23)C1)(C(C)C)C(C)C. The molecule has 2 aliphatic rings. The van der Waals surface area contributed by atoms with Crippen molar-refractivity contribution in [3.05, 3.63) is 53.7 Å². The van der Waals surface area contributed by atoms with Crippen molar-refractivity contribution >= 4 is 19.9 Å². The van der Waals surface area contributed by atoms with Crippen LogP contribution in [0.4, 0.5) is 5.95 Å². The van der Waals surface area contributed by atoms with E-state index in [1.807, 2.05) is 18.3 Å². The lowest BCUT2D eigenvalue weighted by Gasteiger charge is -2.46. The second kappa shape index (κ2) is 11.0. The van der Waals surface area contributed by atoms with Crippen LogP contribution in [-0.2, 0) is 4.43 Å². The van der Waals surface area contributed by atoms with E-state index in [-0.39, 0.29) is 18.2 Å². The summed E-state index contributed by atoms with van der Waals surface area (Å²) in [5.74, 6) is 1.69. The number of nitrogens with two attached hydrogens (primary N) is 1. The molecule has 38 heavy (non-hydrogen) atoms. The Bertz CT molecular complexity index is 1220. The quantitative estimate of drug-likeness (QED) is 0.320. The van der Waals surface area contributed by atoms with E-state index in [1.54, 1.807) is 0 Å². The van der Waals surface area contributed by atoms with Crippen molar-refractivity contribution in [2.24, 2.45) is 5.73 Å². The minimum absolute atomic E-state index is 0.00247. The van der Waals surface area contributed by atoms with Crippen molar-refractivity contribution in [2.45, 2.75) is 102 Å². The van der Waals surface area contributed by atoms with Crippen LogP contribution in [0.5, 0.6) is 5.75 Å². The van der Waals surface area contributed by atoms with Gasteiger partial charge in [0.1, 0.15) is 11.9 Å². The molecule has 1 aromatic carbocycles. The van der Waals surface area contributed by atoms with Gasteiger partial charge in [-0.2, -0.15) is 0 Å². The van der Waals surface area contributed by atoms with Crippen LogP contribution in [0.3, 0.4) is 0 Å². The topological polar surface area (TPSA) is 77.9 Å². The number of piperidine rings is 1. The van der Waals surface area contributed by atoms with E-state index in [4.69, 9.17) is 14.9 Å². The standard InChI is InChI=1S/C30H45N5O2Si/c1-20(2)38(21(3)4,22(5)6)37-24-10-9-17-34(18-24)30-33-32-29-16-13-23(19-35(29)30)36-28-15-14-27(31)25-11-7-8-12-26(25)28/h7-8,11-13,16,19-22,24,27-28H,9-10,14-15,17-18,31H2,1-6H3/t24?,27-,28+/m0/s1. The van der Waals surface area contributed by atoms with Crippen molar-refractivity contribution in [3.8, 4) is 5.75 Å². The van der Waals surface area contributed by atoms with E-state index < -0.39 is 8.32 Å². The minimum Gasteiger partial charge on any atom is -0.484 e. The number of nitrogens with zero attached hydrogens (tertiary/aromatic N) is 4. The molecule has 1 unspecified atom stereocenters. The highest BCUT2D eigenvalue weighted by Gasteiger charge is 2.47. The first-order valence-electron chi connectivity index (χ1n) is 14.5. The highest BCUT2D eigenvalue weighted by Crippen LogP contribution is 2.44. The molecule has 1 aliphatic carbocycles. The van der Waals surface area contributed by atoms with Gasteiger partial charge in [-0.1, -0.05) is 65.8 Å². The predicted octanol–water partition coefficient (Wildman–Crippen LogP) is 6.80. The van der Waals surface area contributed by atoms with Gasteiger partial charge < -0.3 is 19.8 Å². The summed E-state index contributed by atoms with van der Waals surface area (Å²) in [5.41, 5.74) is 11.3. The van der Waals surface area contributed by atoms with E-state index in [9.17, 15) is 0 Å². The van der Waals surface area contributed by atoms with Gasteiger partial charge in [0.25, 0.3) is 0 Å². The summed E-state index contributed by atoms with van der Waals surface area (Å²) in [6.07, 6.45) is 6.28. The van der Waals surface area contributed by atoms with Crippen molar-refractivity contribution in [2.75, 3.05) is 18.0 Å². The third-order valence-electron chi connectivity index (χ3n) is 8.86. The molecule has 3 heterocycles. The summed E-state index contributed by atoms with van der Waals surface area (Å²) in [6.45, 7) is 16.0. The molecule has 1 aliphatic heterocycles. The molecule has 0 bridgehead atoms. The summed E-state index contributed by atoms with van der Waals surface area (Å²) >= 11 is 0. The summed E-state index contributed by atoms with van der Waals surface area (Å²) in [6, 6.07) is 12.5. The van der Waals surface area contributed by atoms with Crippen molar-refractivity contribution in [3.63, 3.8) is 0 Å². The fraction of sp³-hybridized carbons (Fsp3) is 0.600. The van der Waals surface area contributed by atoms with Crippen LogP contribution in [0.2, 0.25) is 16.6 Å². The number of pyridine rings is 1. The number of rotatable bonds is 8. The van der Waals surface area contributed by atoms with Gasteiger partial charge in [-0.25, -0.2) is 0 Å². The monoisotopic (exact) mass is 535 g/mol. The Morgan fingerprint density at radius 2 is 1.61 bits per heavy atom. The minimum atomic E-state index is -1.95. The van der Waals surface area contributed by atoms with Crippen molar-refractivity contribution < 1.29 is 9.16 Å². The van der Waals surface area contributed by atoms with Crippen LogP contribution in [0.25, 0.3) is 5.65 Å². The molecule has 7 nitrogen and oxygen atoms in total. The zero-order valence-electron chi connectivity index (χ0n) is 23.9. The number of benzene rings is 1. The van der Waals surface area contributed by atoms with Crippen molar-refractivity contribution in [1.82, 2.24) is 14.6 Å². The average Bonchev–Trinajstić information content (AvgIpc) is 3.32. The number of aromatic nitrogens is 3. The van der Waals surface area contributed by atoms with Crippen LogP contribution < -0.4 is 15.4 Å². The van der Waals surface area contributed by atoms with Gasteiger partial charge >= 0.3 is 0 Å². The van der Waals surface area contributed by atoms with Gasteiger partial charge in [-0.3, -0.25) is 4.40 Å². The third-order valence-corrected chi connectivity index (χ3v) is 15.0. The van der Waals surface area contributed by atoms with E-state index in [0.717, 1.165) is 56.1 Å². The second-order valence-corrected chi connectivity index (χ2v) is 17.6. The molecule has 2 N–H and O–H groups in total. The summed E-state index contributed by atoms with van der Waals surface area (Å²) in [5, 5.41) is 9.09. The lowest BCUT2D eigenvalue weighted by Crippen LogP contribution is -2.53. The van der Waals surface area contributed by atoms with Gasteiger partial charge in [0, 0.05) is 19.1 Å². The molecule has 8 heteroatoms. The molecule has 0 amide bonds. The van der Waals surface area contributed by atoms with Crippen LogP contribution in [0, 0.1) is 0 Å². The predicted molar refractivity (Wildman–Crippen MR) is 156 cm³/mol. The maximum atomic E-state index is 7.17. The Balaban J connectivity index is 1.37. The second-order valence-electron chi connectivity index (χ2n) is 12.2. The van der Waals surface area contributed by atoms with Gasteiger partial charge in [-0.05, 0) is 65.6 Å². The van der Waals surface area contributed by atoms with Gasteiger partial charge in [0.05, 0.1) is 12.3 Å². The number of ether oxygens (including phenoxy) is 1. The van der Waals surface area contributed by atoms with Crippen LogP contribution >= 0.6 is 0 Å². The Morgan fingerprint density at radius 3 is 2.32 bits per heavy atom. The normalized spacial score (nSPS) is 22.5. The molecular formula is C30H45N5O2Si. The van der Waals surface area contributed by atoms with E-state index >= 15 is 0 Å². The smallest absolute Gasteiger partial charge is 0.231 e. The van der Waals surface area contributed by atoms with Gasteiger partial charge in [-0.15, -0.1) is 10.2 Å². The fourth-order valence-electron chi connectivity index (χ4n) is 7.13. The number of fused-ring (bicyclic) bond motifs is 2. The molecule has 206 valence electrons. The number of hydrogen-bond donors (Lipinski definition) is 1. The maximum absolute atomic E-state index is 7.17. The fourth-order valence-corrected chi connectivity index (χ4v) is 12.7. The average molecular weight is 536 g/mol. The Labute approximate surface area is 228 Å². The Kier molecular flexibility index (Phi) is 7.85. The zero-order valence-corrected chi connectivity index (χ0v) is 24.9. The molecule has 5 rings (SSSR count). The van der Waals surface area contributed by atoms with Crippen LogP contribution in [-0.4, -0.2) is 42.1 Å². The molecule has 2 aromatic heterocycles. The Morgan fingerprint density at radius 1 is 0.895 bits per heavy atom. The van der Waals surface area contributed by atoms with E-state index in [2.05, 4.69) is 85.3 Å². The highest BCUT2D eigenvalue weighted by atomic mass is 28.4. The first kappa shape index (κ1) is 27.2. The largest absolute Gasteiger partial charge is 0.484 e. The highest BCUT2D eigenvalue weighted by molar-refractivity contribution is 6.77. The third kappa shape index (κ3) is 4.98. The molecule has 0 spiro atoms. The Hall–Kier alpha value is -2.42. The summed E-state index contributed by atoms with van der Waals surface area (Å²) in [4.78, 5) is 2.35. The van der Waals surface area contributed by atoms with Gasteiger partial charge in [0.15, 0.2) is 5.65 Å². The first-order valence-corrected chi connectivity index (χ1v) is 16.6. The van der Waals surface area contributed by atoms with Gasteiger partial charge in [0.2, 0.25) is 14.3 Å². The van der Waals surface area contributed by atoms with Crippen molar-refractivity contribution in [1.29, 1.82) is 0 Å². The number of hydrogen-bond acceptors (Lipinski definition) is 6. The maximum Gasteiger partial charge on any atom is 0.231 e. The zero-order chi connectivity index (χ0) is 27.0. The molecule has 3 aromatic rings. The lowest BCUT2D eigenvalue weighted by molar-refractivity contribution is 0.153. The molecular weight excluding hydrogens is 490 g/mol. The molecule has 1 fully saturated rings. The molecule has 3 atom stereocenters. The summed E-state index contributed by atoms with van der Waals surface area (Å²) in [7, 11) is -1.95. The first-order chi connectivity index (χ1) is 18.2.